The van der Waals surface area contributed by atoms with Crippen LogP contribution in [0.15, 0.2) is 36.7 Å². The van der Waals surface area contributed by atoms with Crippen molar-refractivity contribution in [1.82, 2.24) is 9.97 Å². The first-order valence-electron chi connectivity index (χ1n) is 6.43. The van der Waals surface area contributed by atoms with Gasteiger partial charge in [0, 0.05) is 12.4 Å². The third-order valence-corrected chi connectivity index (χ3v) is 5.35. The summed E-state index contributed by atoms with van der Waals surface area (Å²) in [6.07, 6.45) is -2.35. The molecule has 0 saturated carbocycles. The number of carbonyl (C=O) groups is 1. The summed E-state index contributed by atoms with van der Waals surface area (Å²) in [5.74, 6) is -1.62. The van der Waals surface area contributed by atoms with Crippen LogP contribution in [0.25, 0.3) is 0 Å². The Morgan fingerprint density at radius 2 is 1.74 bits per heavy atom. The number of halogens is 3. The van der Waals surface area contributed by atoms with Gasteiger partial charge in [0.15, 0.2) is 15.1 Å². The van der Waals surface area contributed by atoms with Gasteiger partial charge in [0.05, 0.1) is 17.0 Å². The Kier molecular flexibility index (Phi) is 3.47. The normalized spacial score (nSPS) is 20.1. The van der Waals surface area contributed by atoms with E-state index in [9.17, 15) is 26.4 Å². The Morgan fingerprint density at radius 1 is 1.09 bits per heavy atom. The highest BCUT2D eigenvalue weighted by Crippen LogP contribution is 2.40. The molecule has 1 aromatic carbocycles. The van der Waals surface area contributed by atoms with Crippen molar-refractivity contribution in [2.45, 2.75) is 17.2 Å². The highest BCUT2D eigenvalue weighted by Gasteiger charge is 2.46. The van der Waals surface area contributed by atoms with E-state index in [4.69, 9.17) is 0 Å². The third-order valence-electron chi connectivity index (χ3n) is 3.49. The first-order valence-corrected chi connectivity index (χ1v) is 8.15. The number of hydrogen-bond acceptors (Lipinski definition) is 5. The highest BCUT2D eigenvalue weighted by atomic mass is 32.2. The van der Waals surface area contributed by atoms with Gasteiger partial charge >= 0.3 is 6.18 Å². The van der Waals surface area contributed by atoms with E-state index >= 15 is 0 Å². The molecule has 0 fully saturated rings. The predicted molar refractivity (Wildman–Crippen MR) is 73.2 cm³/mol. The lowest BCUT2D eigenvalue weighted by atomic mass is 9.99. The van der Waals surface area contributed by atoms with E-state index in [1.54, 1.807) is 0 Å². The van der Waals surface area contributed by atoms with E-state index < -0.39 is 43.9 Å². The number of alkyl halides is 3. The minimum absolute atomic E-state index is 0.0433. The summed E-state index contributed by atoms with van der Waals surface area (Å²) < 4.78 is 64.2. The summed E-state index contributed by atoms with van der Waals surface area (Å²) in [5, 5.41) is -1.93. The zero-order chi connectivity index (χ0) is 16.8. The summed E-state index contributed by atoms with van der Waals surface area (Å²) in [6, 6.07) is 4.16. The standard InChI is InChI=1S/C14H9F3N2O3S/c15-14(16,17)9-4-2-1-3-8(9)13-12(20)11-10(7-23(13,21)22)18-5-6-19-11/h1-6,13H,7H2. The molecule has 1 aromatic heterocycles. The summed E-state index contributed by atoms with van der Waals surface area (Å²) in [5.41, 5.74) is -1.97. The van der Waals surface area contributed by atoms with Gasteiger partial charge < -0.3 is 0 Å². The van der Waals surface area contributed by atoms with Crippen LogP contribution in [-0.2, 0) is 21.8 Å². The SMILES string of the molecule is O=C1c2nccnc2CS(=O)(=O)C1c1ccccc1C(F)(F)F. The van der Waals surface area contributed by atoms with Gasteiger partial charge in [-0.25, -0.2) is 13.4 Å². The number of aromatic nitrogens is 2. The van der Waals surface area contributed by atoms with Gasteiger partial charge in [-0.05, 0) is 11.6 Å². The van der Waals surface area contributed by atoms with Crippen LogP contribution in [0.5, 0.6) is 0 Å². The van der Waals surface area contributed by atoms with Crippen LogP contribution in [0.4, 0.5) is 13.2 Å². The van der Waals surface area contributed by atoms with E-state index in [0.29, 0.717) is 0 Å². The van der Waals surface area contributed by atoms with Crippen LogP contribution < -0.4 is 0 Å². The maximum atomic E-state index is 13.1. The van der Waals surface area contributed by atoms with E-state index in [0.717, 1.165) is 18.2 Å². The van der Waals surface area contributed by atoms with Gasteiger partial charge in [0.2, 0.25) is 5.78 Å². The number of ketones is 1. The largest absolute Gasteiger partial charge is 0.416 e. The number of Topliss-reactive ketones (excluding diaryl/α,β-unsaturated/α-hetero) is 1. The van der Waals surface area contributed by atoms with Crippen molar-refractivity contribution in [3.63, 3.8) is 0 Å². The summed E-state index contributed by atoms with van der Waals surface area (Å²) >= 11 is 0. The molecular formula is C14H9F3N2O3S. The van der Waals surface area contributed by atoms with Crippen molar-refractivity contribution in [2.24, 2.45) is 0 Å². The minimum Gasteiger partial charge on any atom is -0.291 e. The number of benzene rings is 1. The fourth-order valence-electron chi connectivity index (χ4n) is 2.56. The molecule has 1 atom stereocenters. The molecule has 120 valence electrons. The van der Waals surface area contributed by atoms with E-state index in [-0.39, 0.29) is 11.4 Å². The molecule has 0 N–H and O–H groups in total. The number of fused-ring (bicyclic) bond motifs is 1. The number of sulfone groups is 1. The Hall–Kier alpha value is -2.29. The molecule has 0 saturated heterocycles. The zero-order valence-corrected chi connectivity index (χ0v) is 12.2. The monoisotopic (exact) mass is 342 g/mol. The molecule has 1 aliphatic rings. The van der Waals surface area contributed by atoms with Crippen molar-refractivity contribution in [3.8, 4) is 0 Å². The summed E-state index contributed by atoms with van der Waals surface area (Å²) in [7, 11) is -4.17. The molecular weight excluding hydrogens is 333 g/mol. The first-order chi connectivity index (χ1) is 10.7. The van der Waals surface area contributed by atoms with Crippen LogP contribution in [0.1, 0.15) is 32.6 Å². The van der Waals surface area contributed by atoms with Gasteiger partial charge in [-0.15, -0.1) is 0 Å². The second-order valence-corrected chi connectivity index (χ2v) is 7.07. The van der Waals surface area contributed by atoms with Crippen molar-refractivity contribution in [2.75, 3.05) is 0 Å². The van der Waals surface area contributed by atoms with Crippen LogP contribution in [0.3, 0.4) is 0 Å². The molecule has 5 nitrogen and oxygen atoms in total. The van der Waals surface area contributed by atoms with Crippen molar-refractivity contribution < 1.29 is 26.4 Å². The van der Waals surface area contributed by atoms with Crippen LogP contribution in [0, 0.1) is 0 Å². The number of rotatable bonds is 1. The lowest BCUT2D eigenvalue weighted by Crippen LogP contribution is -2.32. The number of carbonyl (C=O) groups excluding carboxylic acids is 1. The smallest absolute Gasteiger partial charge is 0.291 e. The molecule has 23 heavy (non-hydrogen) atoms. The second kappa shape index (κ2) is 5.12. The zero-order valence-electron chi connectivity index (χ0n) is 11.4. The van der Waals surface area contributed by atoms with E-state index in [2.05, 4.69) is 9.97 Å². The van der Waals surface area contributed by atoms with Gasteiger partial charge in [0.25, 0.3) is 0 Å². The average Bonchev–Trinajstić information content (AvgIpc) is 2.46. The fraction of sp³-hybridized carbons (Fsp3) is 0.214. The summed E-state index contributed by atoms with van der Waals surface area (Å²) in [6.45, 7) is 0. The van der Waals surface area contributed by atoms with Gasteiger partial charge in [-0.2, -0.15) is 13.2 Å². The van der Waals surface area contributed by atoms with Crippen LogP contribution >= 0.6 is 0 Å². The Labute approximate surface area is 129 Å². The maximum absolute atomic E-state index is 13.1. The highest BCUT2D eigenvalue weighted by molar-refractivity contribution is 7.91. The molecule has 9 heteroatoms. The Bertz CT molecular complexity index is 894. The predicted octanol–water partition coefficient (Wildman–Crippen LogP) is 2.35. The quantitative estimate of drug-likeness (QED) is 0.795. The molecule has 2 heterocycles. The summed E-state index contributed by atoms with van der Waals surface area (Å²) in [4.78, 5) is 20.0. The van der Waals surface area contributed by atoms with Crippen molar-refractivity contribution >= 4 is 15.6 Å². The Balaban J connectivity index is 2.24. The average molecular weight is 342 g/mol. The van der Waals surface area contributed by atoms with Crippen molar-refractivity contribution in [3.05, 3.63) is 59.2 Å². The molecule has 1 aliphatic heterocycles. The maximum Gasteiger partial charge on any atom is 0.416 e. The topological polar surface area (TPSA) is 77.0 Å². The van der Waals surface area contributed by atoms with E-state index in [1.807, 2.05) is 0 Å². The van der Waals surface area contributed by atoms with E-state index in [1.165, 1.54) is 18.5 Å². The fourth-order valence-corrected chi connectivity index (χ4v) is 4.35. The molecule has 0 amide bonds. The van der Waals surface area contributed by atoms with Crippen LogP contribution in [0.2, 0.25) is 0 Å². The molecule has 2 aromatic rings. The van der Waals surface area contributed by atoms with Gasteiger partial charge in [0.1, 0.15) is 5.69 Å². The number of nitrogens with zero attached hydrogens (tertiary/aromatic N) is 2. The molecule has 1 unspecified atom stereocenters. The lowest BCUT2D eigenvalue weighted by molar-refractivity contribution is -0.138. The van der Waals surface area contributed by atoms with Crippen molar-refractivity contribution in [1.29, 1.82) is 0 Å². The molecule has 0 aliphatic carbocycles. The molecule has 0 spiro atoms. The Morgan fingerprint density at radius 3 is 2.43 bits per heavy atom. The van der Waals surface area contributed by atoms with Gasteiger partial charge in [-0.1, -0.05) is 18.2 Å². The molecule has 0 radical (unpaired) electrons. The first kappa shape index (κ1) is 15.6. The minimum atomic E-state index is -4.77. The second-order valence-electron chi connectivity index (χ2n) is 4.99. The lowest BCUT2D eigenvalue weighted by Gasteiger charge is -2.24. The third kappa shape index (κ3) is 2.61. The molecule has 3 rings (SSSR count). The number of hydrogen-bond donors (Lipinski definition) is 0. The molecule has 0 bridgehead atoms. The van der Waals surface area contributed by atoms with Gasteiger partial charge in [-0.3, -0.25) is 9.78 Å². The van der Waals surface area contributed by atoms with Crippen LogP contribution in [-0.4, -0.2) is 24.2 Å².